The average Bonchev–Trinajstić information content (AvgIpc) is 3.19. The standard InChI is InChI=1S/C12H8N6O4/c19-11(20)7-1-5(9-3-13-17-15-9)8(12(21)22)2-6(7)10-4-14-18-16-10/h1-4H,(H,19,20)(H,21,22)(H,13,15,17)(H,14,16,18). The van der Waals surface area contributed by atoms with E-state index in [1.165, 1.54) is 24.5 Å². The fourth-order valence-corrected chi connectivity index (χ4v) is 2.04. The highest BCUT2D eigenvalue weighted by Crippen LogP contribution is 2.30. The van der Waals surface area contributed by atoms with E-state index in [1.807, 2.05) is 0 Å². The van der Waals surface area contributed by atoms with Crippen molar-refractivity contribution >= 4 is 11.9 Å². The van der Waals surface area contributed by atoms with Crippen molar-refractivity contribution in [2.75, 3.05) is 0 Å². The second-order valence-electron chi connectivity index (χ2n) is 4.26. The van der Waals surface area contributed by atoms with Crippen LogP contribution in [-0.4, -0.2) is 53.0 Å². The summed E-state index contributed by atoms with van der Waals surface area (Å²) in [7, 11) is 0. The second kappa shape index (κ2) is 5.09. The van der Waals surface area contributed by atoms with Gasteiger partial charge in [0, 0.05) is 11.1 Å². The van der Waals surface area contributed by atoms with Gasteiger partial charge in [0.2, 0.25) is 0 Å². The van der Waals surface area contributed by atoms with Crippen LogP contribution in [-0.2, 0) is 0 Å². The van der Waals surface area contributed by atoms with Gasteiger partial charge in [-0.05, 0) is 12.1 Å². The smallest absolute Gasteiger partial charge is 0.336 e. The molecule has 4 N–H and O–H groups in total. The molecule has 0 saturated carbocycles. The van der Waals surface area contributed by atoms with Crippen molar-refractivity contribution in [2.24, 2.45) is 0 Å². The van der Waals surface area contributed by atoms with Gasteiger partial charge in [-0.15, -0.1) is 0 Å². The fourth-order valence-electron chi connectivity index (χ4n) is 2.04. The molecule has 0 amide bonds. The molecule has 3 rings (SSSR count). The van der Waals surface area contributed by atoms with Crippen molar-refractivity contribution in [2.45, 2.75) is 0 Å². The summed E-state index contributed by atoms with van der Waals surface area (Å²) in [5.41, 5.74) is 0.517. The quantitative estimate of drug-likeness (QED) is 0.546. The summed E-state index contributed by atoms with van der Waals surface area (Å²) in [5.74, 6) is -2.45. The minimum absolute atomic E-state index is 0.114. The number of aromatic amines is 2. The number of carboxylic acid groups (broad SMARTS) is 2. The third-order valence-electron chi connectivity index (χ3n) is 3.00. The maximum atomic E-state index is 11.5. The lowest BCUT2D eigenvalue weighted by molar-refractivity contribution is 0.0682. The molecule has 0 saturated heterocycles. The SMILES string of the molecule is O=C(O)c1cc(-c2cn[nH]n2)c(C(=O)O)cc1-c1cn[nH]n1. The first-order valence-electron chi connectivity index (χ1n) is 5.95. The summed E-state index contributed by atoms with van der Waals surface area (Å²) in [5, 5.41) is 38.2. The number of carboxylic acids is 2. The van der Waals surface area contributed by atoms with Gasteiger partial charge in [0.05, 0.1) is 23.5 Å². The van der Waals surface area contributed by atoms with Gasteiger partial charge < -0.3 is 10.2 Å². The zero-order valence-electron chi connectivity index (χ0n) is 10.8. The molecule has 0 aliphatic heterocycles. The van der Waals surface area contributed by atoms with E-state index in [-0.39, 0.29) is 33.6 Å². The third kappa shape index (κ3) is 2.18. The Kier molecular flexibility index (Phi) is 3.10. The van der Waals surface area contributed by atoms with Crippen molar-refractivity contribution in [1.82, 2.24) is 30.8 Å². The van der Waals surface area contributed by atoms with Gasteiger partial charge in [0.25, 0.3) is 0 Å². The molecular formula is C12H8N6O4. The molecule has 10 nitrogen and oxygen atoms in total. The van der Waals surface area contributed by atoms with E-state index >= 15 is 0 Å². The molecule has 110 valence electrons. The Morgan fingerprint density at radius 1 is 0.818 bits per heavy atom. The highest BCUT2D eigenvalue weighted by molar-refractivity contribution is 6.03. The van der Waals surface area contributed by atoms with Crippen LogP contribution in [0.4, 0.5) is 0 Å². The maximum absolute atomic E-state index is 11.5. The molecule has 0 unspecified atom stereocenters. The number of H-pyrrole nitrogens is 2. The summed E-state index contributed by atoms with van der Waals surface area (Å²) in [6.45, 7) is 0. The molecule has 0 aliphatic rings. The molecule has 0 spiro atoms. The largest absolute Gasteiger partial charge is 0.478 e. The lowest BCUT2D eigenvalue weighted by atomic mass is 9.95. The van der Waals surface area contributed by atoms with Gasteiger partial charge in [0.1, 0.15) is 11.4 Å². The number of carbonyl (C=O) groups is 2. The summed E-state index contributed by atoms with van der Waals surface area (Å²) in [6.07, 6.45) is 2.62. The summed E-state index contributed by atoms with van der Waals surface area (Å²) in [6, 6.07) is 2.46. The van der Waals surface area contributed by atoms with Crippen LogP contribution in [0.1, 0.15) is 20.7 Å². The van der Waals surface area contributed by atoms with Gasteiger partial charge >= 0.3 is 11.9 Å². The Hall–Kier alpha value is -3.56. The van der Waals surface area contributed by atoms with Crippen LogP contribution in [0.5, 0.6) is 0 Å². The molecule has 2 aromatic heterocycles. The van der Waals surface area contributed by atoms with Crippen molar-refractivity contribution in [3.63, 3.8) is 0 Å². The predicted molar refractivity (Wildman–Crippen MR) is 71.1 cm³/mol. The van der Waals surface area contributed by atoms with Gasteiger partial charge in [0.15, 0.2) is 0 Å². The molecule has 0 aliphatic carbocycles. The van der Waals surface area contributed by atoms with Crippen LogP contribution in [0.2, 0.25) is 0 Å². The lowest BCUT2D eigenvalue weighted by Crippen LogP contribution is -2.06. The number of rotatable bonds is 4. The van der Waals surface area contributed by atoms with E-state index in [9.17, 15) is 19.8 Å². The first-order valence-corrected chi connectivity index (χ1v) is 5.95. The monoisotopic (exact) mass is 300 g/mol. The number of hydrogen-bond acceptors (Lipinski definition) is 6. The molecular weight excluding hydrogens is 292 g/mol. The van der Waals surface area contributed by atoms with Crippen molar-refractivity contribution in [3.05, 3.63) is 35.7 Å². The number of nitrogens with zero attached hydrogens (tertiary/aromatic N) is 4. The van der Waals surface area contributed by atoms with Crippen LogP contribution >= 0.6 is 0 Å². The van der Waals surface area contributed by atoms with Crippen molar-refractivity contribution < 1.29 is 19.8 Å². The van der Waals surface area contributed by atoms with E-state index in [2.05, 4.69) is 30.8 Å². The Balaban J connectivity index is 2.31. The number of aromatic nitrogens is 6. The Labute approximate surface area is 121 Å². The molecule has 3 aromatic rings. The molecule has 10 heteroatoms. The molecule has 22 heavy (non-hydrogen) atoms. The van der Waals surface area contributed by atoms with Gasteiger partial charge in [-0.25, -0.2) is 9.59 Å². The van der Waals surface area contributed by atoms with Crippen LogP contribution < -0.4 is 0 Å². The normalized spacial score (nSPS) is 10.5. The zero-order valence-corrected chi connectivity index (χ0v) is 10.8. The molecule has 0 atom stereocenters. The topological polar surface area (TPSA) is 158 Å². The number of aromatic carboxylic acids is 2. The molecule has 0 bridgehead atoms. The Morgan fingerprint density at radius 2 is 1.23 bits per heavy atom. The first kappa shape index (κ1) is 13.4. The number of benzene rings is 1. The van der Waals surface area contributed by atoms with Crippen LogP contribution in [0.3, 0.4) is 0 Å². The minimum atomic E-state index is -1.22. The van der Waals surface area contributed by atoms with E-state index < -0.39 is 11.9 Å². The fraction of sp³-hybridized carbons (Fsp3) is 0. The Bertz CT molecular complexity index is 769. The first-order chi connectivity index (χ1) is 10.6. The molecule has 0 radical (unpaired) electrons. The van der Waals surface area contributed by atoms with Crippen LogP contribution in [0, 0.1) is 0 Å². The van der Waals surface area contributed by atoms with Crippen LogP contribution in [0.15, 0.2) is 24.5 Å². The summed E-state index contributed by atoms with van der Waals surface area (Å²) < 4.78 is 0. The van der Waals surface area contributed by atoms with E-state index in [0.717, 1.165) is 0 Å². The van der Waals surface area contributed by atoms with Gasteiger partial charge in [-0.1, -0.05) is 0 Å². The molecule has 0 fully saturated rings. The average molecular weight is 300 g/mol. The van der Waals surface area contributed by atoms with E-state index in [0.29, 0.717) is 0 Å². The van der Waals surface area contributed by atoms with Gasteiger partial charge in [-0.3, -0.25) is 0 Å². The predicted octanol–water partition coefficient (Wildman–Crippen LogP) is 0.653. The van der Waals surface area contributed by atoms with Crippen LogP contribution in [0.25, 0.3) is 22.5 Å². The second-order valence-corrected chi connectivity index (χ2v) is 4.26. The summed E-state index contributed by atoms with van der Waals surface area (Å²) >= 11 is 0. The zero-order chi connectivity index (χ0) is 15.7. The van der Waals surface area contributed by atoms with E-state index in [1.54, 1.807) is 0 Å². The van der Waals surface area contributed by atoms with Gasteiger partial charge in [-0.2, -0.15) is 30.8 Å². The number of hydrogen-bond donors (Lipinski definition) is 4. The third-order valence-corrected chi connectivity index (χ3v) is 3.00. The highest BCUT2D eigenvalue weighted by atomic mass is 16.4. The Morgan fingerprint density at radius 3 is 1.50 bits per heavy atom. The minimum Gasteiger partial charge on any atom is -0.478 e. The van der Waals surface area contributed by atoms with Crippen molar-refractivity contribution in [1.29, 1.82) is 0 Å². The van der Waals surface area contributed by atoms with Crippen molar-refractivity contribution in [3.8, 4) is 22.5 Å². The lowest BCUT2D eigenvalue weighted by Gasteiger charge is -2.09. The molecule has 1 aromatic carbocycles. The van der Waals surface area contributed by atoms with E-state index in [4.69, 9.17) is 0 Å². The summed E-state index contributed by atoms with van der Waals surface area (Å²) in [4.78, 5) is 22.9. The maximum Gasteiger partial charge on any atom is 0.336 e. The number of nitrogens with one attached hydrogen (secondary N) is 2. The highest BCUT2D eigenvalue weighted by Gasteiger charge is 2.22. The molecule has 2 heterocycles.